The second-order valence-electron chi connectivity index (χ2n) is 2.29. The molecule has 0 saturated heterocycles. The van der Waals surface area contributed by atoms with Gasteiger partial charge >= 0.3 is 0 Å². The van der Waals surface area contributed by atoms with E-state index in [0.717, 1.165) is 5.39 Å². The van der Waals surface area contributed by atoms with Crippen molar-refractivity contribution in [3.63, 3.8) is 0 Å². The summed E-state index contributed by atoms with van der Waals surface area (Å²) in [5.41, 5.74) is -0.136. The average Bonchev–Trinajstić information content (AvgIpc) is 2.06. The van der Waals surface area contributed by atoms with Gasteiger partial charge in [-0.2, -0.15) is 5.10 Å². The van der Waals surface area contributed by atoms with Crippen molar-refractivity contribution in [2.24, 2.45) is 0 Å². The fourth-order valence-corrected chi connectivity index (χ4v) is 1.04. The van der Waals surface area contributed by atoms with Crippen LogP contribution in [0.5, 0.6) is 0 Å². The summed E-state index contributed by atoms with van der Waals surface area (Å²) < 4.78 is 0. The molecular formula is C8H6N3O. The van der Waals surface area contributed by atoms with E-state index in [9.17, 15) is 4.79 Å². The summed E-state index contributed by atoms with van der Waals surface area (Å²) in [7, 11) is 0. The van der Waals surface area contributed by atoms with Gasteiger partial charge in [-0.3, -0.25) is 4.79 Å². The standard InChI is InChI=1S/C8H6N2O.N/c11-8-7-4-2-1-3-6(7)5-9-10-8;/h1-5H,(H,10,11);. The zero-order valence-electron chi connectivity index (χ0n) is 6.19. The molecule has 1 aromatic heterocycles. The molecular weight excluding hydrogens is 154 g/mol. The highest BCUT2D eigenvalue weighted by Gasteiger charge is 1.93. The minimum Gasteiger partial charge on any atom is -0.267 e. The van der Waals surface area contributed by atoms with Crippen LogP contribution in [0, 0.1) is 0 Å². The smallest absolute Gasteiger partial charge is 0.267 e. The first-order valence-electron chi connectivity index (χ1n) is 3.30. The Bertz CT molecular complexity index is 430. The van der Waals surface area contributed by atoms with Crippen LogP contribution < -0.4 is 11.7 Å². The highest BCUT2D eigenvalue weighted by molar-refractivity contribution is 5.80. The molecule has 0 unspecified atom stereocenters. The fraction of sp³-hybridized carbons (Fsp3) is 0. The Morgan fingerprint density at radius 1 is 1.25 bits per heavy atom. The third-order valence-corrected chi connectivity index (χ3v) is 1.58. The van der Waals surface area contributed by atoms with Gasteiger partial charge in [0.05, 0.1) is 6.20 Å². The van der Waals surface area contributed by atoms with Gasteiger partial charge in [0.2, 0.25) is 0 Å². The van der Waals surface area contributed by atoms with Gasteiger partial charge in [0.1, 0.15) is 0 Å². The Morgan fingerprint density at radius 3 is 2.75 bits per heavy atom. The van der Waals surface area contributed by atoms with Gasteiger partial charge < -0.3 is 0 Å². The largest absolute Gasteiger partial charge is 0.272 e. The van der Waals surface area contributed by atoms with Crippen LogP contribution in [0.2, 0.25) is 0 Å². The number of hydrogen-bond donors (Lipinski definition) is 1. The molecule has 0 aliphatic carbocycles. The van der Waals surface area contributed by atoms with Crippen molar-refractivity contribution in [2.45, 2.75) is 0 Å². The van der Waals surface area contributed by atoms with Crippen molar-refractivity contribution in [3.05, 3.63) is 40.8 Å². The molecule has 0 amide bonds. The molecule has 0 atom stereocenters. The van der Waals surface area contributed by atoms with Crippen molar-refractivity contribution in [3.8, 4) is 0 Å². The van der Waals surface area contributed by atoms with Crippen LogP contribution in [0.15, 0.2) is 35.3 Å². The van der Waals surface area contributed by atoms with E-state index in [4.69, 9.17) is 0 Å². The number of hydrogen-bond acceptors (Lipinski definition) is 2. The van der Waals surface area contributed by atoms with E-state index in [0.29, 0.717) is 5.39 Å². The van der Waals surface area contributed by atoms with Crippen LogP contribution in [-0.4, -0.2) is 10.2 Å². The third kappa shape index (κ3) is 1.19. The Labute approximate surface area is 68.8 Å². The van der Waals surface area contributed by atoms with Crippen molar-refractivity contribution in [1.82, 2.24) is 16.3 Å². The van der Waals surface area contributed by atoms with E-state index in [1.54, 1.807) is 12.3 Å². The number of rotatable bonds is 0. The van der Waals surface area contributed by atoms with Crippen molar-refractivity contribution >= 4 is 10.8 Å². The molecule has 2 aromatic rings. The molecule has 4 nitrogen and oxygen atoms in total. The summed E-state index contributed by atoms with van der Waals surface area (Å²) in [6.07, 6.45) is 1.64. The number of aromatic amines is 1. The maximum Gasteiger partial charge on any atom is 0.272 e. The normalized spacial score (nSPS) is 9.33. The van der Waals surface area contributed by atoms with E-state index in [2.05, 4.69) is 10.2 Å². The van der Waals surface area contributed by atoms with Crippen LogP contribution in [0.25, 0.3) is 10.8 Å². The lowest BCUT2D eigenvalue weighted by Gasteiger charge is -1.91. The van der Waals surface area contributed by atoms with Gasteiger partial charge in [0.25, 0.3) is 5.56 Å². The fourth-order valence-electron chi connectivity index (χ4n) is 1.04. The molecule has 1 aromatic carbocycles. The van der Waals surface area contributed by atoms with Gasteiger partial charge in [-0.25, -0.2) is 5.10 Å². The zero-order valence-corrected chi connectivity index (χ0v) is 6.19. The number of nitrogens with zero attached hydrogens (tertiary/aromatic N) is 2. The average molecular weight is 160 g/mol. The van der Waals surface area contributed by atoms with Crippen LogP contribution in [0.3, 0.4) is 0 Å². The molecule has 59 valence electrons. The first-order valence-corrected chi connectivity index (χ1v) is 3.30. The van der Waals surface area contributed by atoms with E-state index in [-0.39, 0.29) is 11.7 Å². The molecule has 1 N–H and O–H groups in total. The molecule has 12 heavy (non-hydrogen) atoms. The minimum atomic E-state index is -0.136. The van der Waals surface area contributed by atoms with Crippen LogP contribution in [0.4, 0.5) is 0 Å². The second-order valence-corrected chi connectivity index (χ2v) is 2.29. The molecule has 4 heteroatoms. The minimum absolute atomic E-state index is 0. The maximum absolute atomic E-state index is 11.1. The van der Waals surface area contributed by atoms with E-state index < -0.39 is 0 Å². The predicted octanol–water partition coefficient (Wildman–Crippen LogP) is 0.442. The summed E-state index contributed by atoms with van der Waals surface area (Å²) in [5, 5.41) is 7.60. The van der Waals surface area contributed by atoms with E-state index >= 15 is 0 Å². The monoisotopic (exact) mass is 160 g/mol. The molecule has 3 radical (unpaired) electrons. The summed E-state index contributed by atoms with van der Waals surface area (Å²) >= 11 is 0. The van der Waals surface area contributed by atoms with E-state index in [1.165, 1.54) is 0 Å². The molecule has 2 rings (SSSR count). The van der Waals surface area contributed by atoms with Gasteiger partial charge in [-0.15, -0.1) is 0 Å². The number of aromatic nitrogens is 2. The van der Waals surface area contributed by atoms with Crippen molar-refractivity contribution in [1.29, 1.82) is 0 Å². The molecule has 0 saturated carbocycles. The second kappa shape index (κ2) is 3.15. The molecule has 0 bridgehead atoms. The van der Waals surface area contributed by atoms with Gasteiger partial charge in [-0.05, 0) is 6.07 Å². The Hall–Kier alpha value is -1.68. The van der Waals surface area contributed by atoms with E-state index in [1.807, 2.05) is 18.2 Å². The summed E-state index contributed by atoms with van der Waals surface area (Å²) in [6.45, 7) is 0. The Morgan fingerprint density at radius 2 is 2.00 bits per heavy atom. The Kier molecular flexibility index (Phi) is 2.21. The lowest BCUT2D eigenvalue weighted by Crippen LogP contribution is -2.06. The quantitative estimate of drug-likeness (QED) is 0.607. The lowest BCUT2D eigenvalue weighted by molar-refractivity contribution is 1.01. The highest BCUT2D eigenvalue weighted by atomic mass is 16.1. The summed E-state index contributed by atoms with van der Waals surface area (Å²) in [4.78, 5) is 11.1. The zero-order chi connectivity index (χ0) is 7.68. The first kappa shape index (κ1) is 8.42. The summed E-state index contributed by atoms with van der Waals surface area (Å²) in [6, 6.07) is 7.34. The molecule has 0 aliphatic rings. The molecule has 1 heterocycles. The van der Waals surface area contributed by atoms with Crippen molar-refractivity contribution in [2.75, 3.05) is 0 Å². The van der Waals surface area contributed by atoms with Crippen LogP contribution in [-0.2, 0) is 0 Å². The lowest BCUT2D eigenvalue weighted by atomic mass is 10.2. The van der Waals surface area contributed by atoms with Crippen LogP contribution in [0.1, 0.15) is 0 Å². The predicted molar refractivity (Wildman–Crippen MR) is 44.5 cm³/mol. The first-order chi connectivity index (χ1) is 5.38. The molecule has 0 fully saturated rings. The summed E-state index contributed by atoms with van der Waals surface area (Å²) in [5.74, 6) is 0. The Balaban J connectivity index is 0.000000720. The van der Waals surface area contributed by atoms with Gasteiger partial charge in [0, 0.05) is 16.9 Å². The van der Waals surface area contributed by atoms with Crippen LogP contribution >= 0.6 is 0 Å². The van der Waals surface area contributed by atoms with Crippen molar-refractivity contribution < 1.29 is 0 Å². The number of fused-ring (bicyclic) bond motifs is 1. The van der Waals surface area contributed by atoms with Gasteiger partial charge in [0.15, 0.2) is 0 Å². The number of H-pyrrole nitrogens is 1. The van der Waals surface area contributed by atoms with Gasteiger partial charge in [-0.1, -0.05) is 18.2 Å². The topological polar surface area (TPSA) is 76.2 Å². The molecule has 0 aliphatic heterocycles. The third-order valence-electron chi connectivity index (χ3n) is 1.58. The SMILES string of the molecule is O=c1[nH]ncc2ccccc12.[N]. The molecule has 0 spiro atoms. The number of nitrogens with one attached hydrogen (secondary N) is 1. The number of benzene rings is 1. The maximum atomic E-state index is 11.1. The highest BCUT2D eigenvalue weighted by Crippen LogP contribution is 2.04.